The lowest BCUT2D eigenvalue weighted by Gasteiger charge is -2.39. The molecule has 2 rings (SSSR count). The first-order valence-electron chi connectivity index (χ1n) is 5.05. The van der Waals surface area contributed by atoms with Crippen LogP contribution in [-0.2, 0) is 0 Å². The van der Waals surface area contributed by atoms with Crippen molar-refractivity contribution in [3.63, 3.8) is 0 Å². The van der Waals surface area contributed by atoms with E-state index in [0.29, 0.717) is 0 Å². The second kappa shape index (κ2) is 2.78. The minimum Gasteiger partial charge on any atom is -0.330 e. The topological polar surface area (TPSA) is 26.0 Å². The van der Waals surface area contributed by atoms with Gasteiger partial charge in [-0.3, -0.25) is 0 Å². The van der Waals surface area contributed by atoms with Crippen molar-refractivity contribution >= 4 is 0 Å². The van der Waals surface area contributed by atoms with E-state index in [4.69, 9.17) is 5.73 Å². The zero-order valence-electron chi connectivity index (χ0n) is 7.42. The zero-order chi connectivity index (χ0) is 7.84. The van der Waals surface area contributed by atoms with Crippen molar-refractivity contribution in [2.45, 2.75) is 32.6 Å². The lowest BCUT2D eigenvalue weighted by molar-refractivity contribution is 0.111. The summed E-state index contributed by atoms with van der Waals surface area (Å²) < 4.78 is 0. The molecule has 0 aromatic carbocycles. The Bertz CT molecular complexity index is 142. The molecule has 2 aliphatic rings. The Hall–Kier alpha value is -0.0400. The third-order valence-electron chi connectivity index (χ3n) is 3.94. The van der Waals surface area contributed by atoms with Gasteiger partial charge in [-0.05, 0) is 49.5 Å². The van der Waals surface area contributed by atoms with E-state index in [1.807, 2.05) is 0 Å². The molecule has 64 valence electrons. The van der Waals surface area contributed by atoms with Gasteiger partial charge in [0.2, 0.25) is 0 Å². The highest BCUT2D eigenvalue weighted by molar-refractivity contribution is 4.96. The Morgan fingerprint density at radius 3 is 2.73 bits per heavy atom. The van der Waals surface area contributed by atoms with E-state index >= 15 is 0 Å². The number of nitrogens with two attached hydrogens (primary N) is 1. The van der Waals surface area contributed by atoms with E-state index in [1.54, 1.807) is 0 Å². The Balaban J connectivity index is 1.89. The summed E-state index contributed by atoms with van der Waals surface area (Å²) in [7, 11) is 0. The van der Waals surface area contributed by atoms with Gasteiger partial charge < -0.3 is 5.73 Å². The van der Waals surface area contributed by atoms with Gasteiger partial charge in [0.05, 0.1) is 0 Å². The van der Waals surface area contributed by atoms with Crippen LogP contribution in [0.5, 0.6) is 0 Å². The van der Waals surface area contributed by atoms with E-state index in [1.165, 1.54) is 25.7 Å². The minimum absolute atomic E-state index is 0.900. The third kappa shape index (κ3) is 1.10. The van der Waals surface area contributed by atoms with Crippen molar-refractivity contribution in [2.75, 3.05) is 6.54 Å². The summed E-state index contributed by atoms with van der Waals surface area (Å²) in [5.41, 5.74) is 5.68. The molecule has 0 aromatic heterocycles. The van der Waals surface area contributed by atoms with Crippen LogP contribution >= 0.6 is 0 Å². The molecule has 0 radical (unpaired) electrons. The maximum absolute atomic E-state index is 5.68. The molecule has 1 heteroatoms. The predicted molar refractivity (Wildman–Crippen MR) is 47.2 cm³/mol. The summed E-state index contributed by atoms with van der Waals surface area (Å²) >= 11 is 0. The summed E-state index contributed by atoms with van der Waals surface area (Å²) in [6.45, 7) is 3.27. The van der Waals surface area contributed by atoms with Gasteiger partial charge in [0.15, 0.2) is 0 Å². The van der Waals surface area contributed by atoms with Gasteiger partial charge in [-0.15, -0.1) is 0 Å². The molecular weight excluding hydrogens is 134 g/mol. The summed E-state index contributed by atoms with van der Waals surface area (Å²) in [5.74, 6) is 4.05. The van der Waals surface area contributed by atoms with Gasteiger partial charge in [-0.25, -0.2) is 0 Å². The van der Waals surface area contributed by atoms with Gasteiger partial charge >= 0.3 is 0 Å². The van der Waals surface area contributed by atoms with Crippen LogP contribution in [0.25, 0.3) is 0 Å². The first-order valence-corrected chi connectivity index (χ1v) is 5.05. The largest absolute Gasteiger partial charge is 0.330 e. The molecule has 2 N–H and O–H groups in total. The molecule has 0 heterocycles. The van der Waals surface area contributed by atoms with E-state index in [2.05, 4.69) is 6.92 Å². The molecule has 0 aliphatic heterocycles. The van der Waals surface area contributed by atoms with Gasteiger partial charge in [0.25, 0.3) is 0 Å². The minimum atomic E-state index is 0.900. The van der Waals surface area contributed by atoms with Crippen molar-refractivity contribution in [1.82, 2.24) is 0 Å². The van der Waals surface area contributed by atoms with Crippen LogP contribution in [0.2, 0.25) is 0 Å². The molecule has 1 unspecified atom stereocenters. The molecule has 0 aromatic rings. The fraction of sp³-hybridized carbons (Fsp3) is 1.00. The van der Waals surface area contributed by atoms with Gasteiger partial charge in [0.1, 0.15) is 0 Å². The summed E-state index contributed by atoms with van der Waals surface area (Å²) in [6.07, 6.45) is 5.84. The SMILES string of the molecule is CCC1C[C@@H]2C[C@H](CN)[C@H]2C1. The molecule has 2 fully saturated rings. The molecule has 2 saturated carbocycles. The first kappa shape index (κ1) is 7.60. The van der Waals surface area contributed by atoms with Crippen molar-refractivity contribution in [2.24, 2.45) is 29.4 Å². The van der Waals surface area contributed by atoms with Crippen LogP contribution in [0.1, 0.15) is 32.6 Å². The third-order valence-corrected chi connectivity index (χ3v) is 3.94. The van der Waals surface area contributed by atoms with Crippen LogP contribution in [-0.4, -0.2) is 6.54 Å². The molecule has 0 spiro atoms. The van der Waals surface area contributed by atoms with Gasteiger partial charge in [0, 0.05) is 0 Å². The molecule has 0 bridgehead atoms. The average Bonchev–Trinajstić information content (AvgIpc) is 2.31. The smallest absolute Gasteiger partial charge is 0.00460 e. The summed E-state index contributed by atoms with van der Waals surface area (Å²) in [4.78, 5) is 0. The molecule has 2 aliphatic carbocycles. The first-order chi connectivity index (χ1) is 5.35. The van der Waals surface area contributed by atoms with Crippen molar-refractivity contribution in [3.05, 3.63) is 0 Å². The van der Waals surface area contributed by atoms with E-state index in [-0.39, 0.29) is 0 Å². The molecule has 0 amide bonds. The molecule has 11 heavy (non-hydrogen) atoms. The van der Waals surface area contributed by atoms with E-state index in [9.17, 15) is 0 Å². The number of rotatable bonds is 2. The van der Waals surface area contributed by atoms with Gasteiger partial charge in [-0.2, -0.15) is 0 Å². The Kier molecular flexibility index (Phi) is 1.92. The van der Waals surface area contributed by atoms with Crippen molar-refractivity contribution in [3.8, 4) is 0 Å². The maximum Gasteiger partial charge on any atom is -0.00460 e. The average molecular weight is 153 g/mol. The quantitative estimate of drug-likeness (QED) is 0.645. The Labute approximate surface area is 69.4 Å². The fourth-order valence-corrected chi connectivity index (χ4v) is 3.10. The van der Waals surface area contributed by atoms with Crippen LogP contribution in [0.15, 0.2) is 0 Å². The number of hydrogen-bond acceptors (Lipinski definition) is 1. The van der Waals surface area contributed by atoms with Crippen molar-refractivity contribution in [1.29, 1.82) is 0 Å². The Morgan fingerprint density at radius 1 is 1.27 bits per heavy atom. The highest BCUT2D eigenvalue weighted by Gasteiger charge is 2.45. The van der Waals surface area contributed by atoms with Crippen LogP contribution in [0.3, 0.4) is 0 Å². The van der Waals surface area contributed by atoms with Crippen molar-refractivity contribution < 1.29 is 0 Å². The lowest BCUT2D eigenvalue weighted by atomic mass is 9.67. The number of hydrogen-bond donors (Lipinski definition) is 1. The summed E-state index contributed by atoms with van der Waals surface area (Å²) in [5, 5.41) is 0. The maximum atomic E-state index is 5.68. The molecule has 0 saturated heterocycles. The standard InChI is InChI=1S/C10H19N/c1-2-7-3-8-5-9(6-11)10(8)4-7/h7-10H,2-6,11H2,1H3/t7?,8-,9-,10+/m1/s1. The van der Waals surface area contributed by atoms with Crippen LogP contribution < -0.4 is 5.73 Å². The highest BCUT2D eigenvalue weighted by Crippen LogP contribution is 2.53. The van der Waals surface area contributed by atoms with E-state index < -0.39 is 0 Å². The monoisotopic (exact) mass is 153 g/mol. The molecular formula is C10H19N. The van der Waals surface area contributed by atoms with E-state index in [0.717, 1.165) is 30.2 Å². The number of fused-ring (bicyclic) bond motifs is 1. The van der Waals surface area contributed by atoms with Crippen LogP contribution in [0, 0.1) is 23.7 Å². The fourth-order valence-electron chi connectivity index (χ4n) is 3.10. The lowest BCUT2D eigenvalue weighted by Crippen LogP contribution is -2.37. The Morgan fingerprint density at radius 2 is 2.09 bits per heavy atom. The van der Waals surface area contributed by atoms with Gasteiger partial charge in [-0.1, -0.05) is 13.3 Å². The highest BCUT2D eigenvalue weighted by atomic mass is 14.6. The summed E-state index contributed by atoms with van der Waals surface area (Å²) in [6, 6.07) is 0. The zero-order valence-corrected chi connectivity index (χ0v) is 7.42. The normalized spacial score (nSPS) is 48.5. The second-order valence-electron chi connectivity index (χ2n) is 4.40. The van der Waals surface area contributed by atoms with Crippen LogP contribution in [0.4, 0.5) is 0 Å². The molecule has 4 atom stereocenters. The second-order valence-corrected chi connectivity index (χ2v) is 4.40. The molecule has 1 nitrogen and oxygen atoms in total. The predicted octanol–water partition coefficient (Wildman–Crippen LogP) is 2.02.